The summed E-state index contributed by atoms with van der Waals surface area (Å²) in [6, 6.07) is 13.5. The van der Waals surface area contributed by atoms with Crippen LogP contribution in [-0.4, -0.2) is 20.0 Å². The fraction of sp³-hybridized carbons (Fsp3) is 0.235. The van der Waals surface area contributed by atoms with Crippen LogP contribution < -0.4 is 9.47 Å². The zero-order valence-corrected chi connectivity index (χ0v) is 12.0. The molecule has 0 N–H and O–H groups in total. The first kappa shape index (κ1) is 14.1. The fourth-order valence-electron chi connectivity index (χ4n) is 2.17. The van der Waals surface area contributed by atoms with Gasteiger partial charge in [0, 0.05) is 17.5 Å². The highest BCUT2D eigenvalue weighted by atomic mass is 16.5. The first-order chi connectivity index (χ1) is 9.65. The molecule has 20 heavy (non-hydrogen) atoms. The van der Waals surface area contributed by atoms with Crippen molar-refractivity contribution in [2.75, 3.05) is 14.2 Å². The molecule has 0 heterocycles. The summed E-state index contributed by atoms with van der Waals surface area (Å²) in [6.45, 7) is 1.57. The average Bonchev–Trinajstić information content (AvgIpc) is 2.47. The number of methoxy groups -OCH3 is 2. The number of rotatable bonds is 5. The first-order valence-corrected chi connectivity index (χ1v) is 6.45. The van der Waals surface area contributed by atoms with Gasteiger partial charge in [-0.15, -0.1) is 0 Å². The molecule has 0 unspecified atom stereocenters. The van der Waals surface area contributed by atoms with E-state index in [1.807, 2.05) is 42.5 Å². The minimum Gasteiger partial charge on any atom is -0.493 e. The van der Waals surface area contributed by atoms with Gasteiger partial charge in [0.25, 0.3) is 0 Å². The molecular weight excluding hydrogens is 252 g/mol. The van der Waals surface area contributed by atoms with Gasteiger partial charge in [-0.2, -0.15) is 0 Å². The van der Waals surface area contributed by atoms with Crippen molar-refractivity contribution in [3.8, 4) is 11.5 Å². The Bertz CT molecular complexity index is 600. The average molecular weight is 270 g/mol. The molecule has 0 spiro atoms. The highest BCUT2D eigenvalue weighted by molar-refractivity contribution is 5.94. The third-order valence-corrected chi connectivity index (χ3v) is 3.24. The SMILES string of the molecule is COc1cccc(Cc2ccc(C(C)=O)cc2)c1OC. The van der Waals surface area contributed by atoms with Crippen LogP contribution in [0.5, 0.6) is 11.5 Å². The Balaban J connectivity index is 2.27. The van der Waals surface area contributed by atoms with E-state index in [9.17, 15) is 4.79 Å². The number of carbonyl (C=O) groups excluding carboxylic acids is 1. The van der Waals surface area contributed by atoms with E-state index in [2.05, 4.69) is 0 Å². The van der Waals surface area contributed by atoms with E-state index in [-0.39, 0.29) is 5.78 Å². The summed E-state index contributed by atoms with van der Waals surface area (Å²) < 4.78 is 10.7. The molecule has 2 aromatic carbocycles. The van der Waals surface area contributed by atoms with Gasteiger partial charge < -0.3 is 9.47 Å². The van der Waals surface area contributed by atoms with Gasteiger partial charge in [-0.1, -0.05) is 36.4 Å². The second-order valence-corrected chi connectivity index (χ2v) is 4.58. The minimum absolute atomic E-state index is 0.0792. The van der Waals surface area contributed by atoms with Crippen LogP contribution in [0.15, 0.2) is 42.5 Å². The van der Waals surface area contributed by atoms with E-state index >= 15 is 0 Å². The van der Waals surface area contributed by atoms with Crippen molar-refractivity contribution in [2.24, 2.45) is 0 Å². The summed E-state index contributed by atoms with van der Waals surface area (Å²) >= 11 is 0. The standard InChI is InChI=1S/C17H18O3/c1-12(18)14-9-7-13(8-10-14)11-15-5-4-6-16(19-2)17(15)20-3/h4-10H,11H2,1-3H3. The summed E-state index contributed by atoms with van der Waals surface area (Å²) in [5.41, 5.74) is 2.91. The van der Waals surface area contributed by atoms with Gasteiger partial charge in [-0.3, -0.25) is 4.79 Å². The molecule has 104 valence electrons. The van der Waals surface area contributed by atoms with E-state index in [0.29, 0.717) is 0 Å². The van der Waals surface area contributed by atoms with Crippen molar-refractivity contribution >= 4 is 5.78 Å². The monoisotopic (exact) mass is 270 g/mol. The number of ketones is 1. The minimum atomic E-state index is 0.0792. The number of Topliss-reactive ketones (excluding diaryl/α,β-unsaturated/α-hetero) is 1. The van der Waals surface area contributed by atoms with Crippen LogP contribution in [0.2, 0.25) is 0 Å². The van der Waals surface area contributed by atoms with Gasteiger partial charge in [0.15, 0.2) is 17.3 Å². The lowest BCUT2D eigenvalue weighted by Gasteiger charge is -2.12. The first-order valence-electron chi connectivity index (χ1n) is 6.45. The maximum Gasteiger partial charge on any atom is 0.164 e. The van der Waals surface area contributed by atoms with E-state index in [4.69, 9.17) is 9.47 Å². The van der Waals surface area contributed by atoms with Gasteiger partial charge in [0.2, 0.25) is 0 Å². The molecular formula is C17H18O3. The quantitative estimate of drug-likeness (QED) is 0.780. The Hall–Kier alpha value is -2.29. The van der Waals surface area contributed by atoms with Crippen molar-refractivity contribution in [2.45, 2.75) is 13.3 Å². The highest BCUT2D eigenvalue weighted by Crippen LogP contribution is 2.32. The topological polar surface area (TPSA) is 35.5 Å². The molecule has 0 fully saturated rings. The highest BCUT2D eigenvalue weighted by Gasteiger charge is 2.10. The van der Waals surface area contributed by atoms with E-state index in [1.54, 1.807) is 21.1 Å². The Kier molecular flexibility index (Phi) is 4.41. The normalized spacial score (nSPS) is 10.2. The molecule has 0 amide bonds. The summed E-state index contributed by atoms with van der Waals surface area (Å²) in [4.78, 5) is 11.3. The lowest BCUT2D eigenvalue weighted by Crippen LogP contribution is -1.98. The zero-order valence-electron chi connectivity index (χ0n) is 12.0. The second kappa shape index (κ2) is 6.24. The number of benzene rings is 2. The maximum absolute atomic E-state index is 11.3. The Morgan fingerprint density at radius 3 is 2.25 bits per heavy atom. The molecule has 0 bridgehead atoms. The van der Waals surface area contributed by atoms with Crippen LogP contribution in [0.25, 0.3) is 0 Å². The number of ether oxygens (including phenoxy) is 2. The molecule has 2 aromatic rings. The van der Waals surface area contributed by atoms with Crippen LogP contribution in [0, 0.1) is 0 Å². The van der Waals surface area contributed by atoms with Crippen LogP contribution in [0.1, 0.15) is 28.4 Å². The second-order valence-electron chi connectivity index (χ2n) is 4.58. The number of hydrogen-bond donors (Lipinski definition) is 0. The lowest BCUT2D eigenvalue weighted by atomic mass is 10.0. The number of hydrogen-bond acceptors (Lipinski definition) is 3. The molecule has 2 rings (SSSR count). The van der Waals surface area contributed by atoms with Gasteiger partial charge in [-0.25, -0.2) is 0 Å². The lowest BCUT2D eigenvalue weighted by molar-refractivity contribution is 0.101. The van der Waals surface area contributed by atoms with Crippen LogP contribution in [0.3, 0.4) is 0 Å². The van der Waals surface area contributed by atoms with Gasteiger partial charge in [-0.05, 0) is 18.6 Å². The maximum atomic E-state index is 11.3. The smallest absolute Gasteiger partial charge is 0.164 e. The van der Waals surface area contributed by atoms with E-state index in [1.165, 1.54) is 0 Å². The third kappa shape index (κ3) is 2.99. The van der Waals surface area contributed by atoms with Crippen molar-refractivity contribution in [1.82, 2.24) is 0 Å². The molecule has 0 aliphatic heterocycles. The summed E-state index contributed by atoms with van der Waals surface area (Å²) in [5.74, 6) is 1.56. The van der Waals surface area contributed by atoms with Gasteiger partial charge >= 0.3 is 0 Å². The van der Waals surface area contributed by atoms with E-state index < -0.39 is 0 Å². The number of carbonyl (C=O) groups is 1. The zero-order chi connectivity index (χ0) is 14.5. The molecule has 0 saturated carbocycles. The molecule has 0 atom stereocenters. The number of para-hydroxylation sites is 1. The third-order valence-electron chi connectivity index (χ3n) is 3.24. The van der Waals surface area contributed by atoms with Crippen molar-refractivity contribution in [3.05, 3.63) is 59.2 Å². The Labute approximate surface area is 119 Å². The van der Waals surface area contributed by atoms with Gasteiger partial charge in [0.05, 0.1) is 14.2 Å². The Morgan fingerprint density at radius 2 is 1.70 bits per heavy atom. The fourth-order valence-corrected chi connectivity index (χ4v) is 2.17. The van der Waals surface area contributed by atoms with Crippen LogP contribution in [-0.2, 0) is 6.42 Å². The summed E-state index contributed by atoms with van der Waals surface area (Å²) in [5, 5.41) is 0. The predicted molar refractivity (Wildman–Crippen MR) is 78.8 cm³/mol. The molecule has 0 radical (unpaired) electrons. The summed E-state index contributed by atoms with van der Waals surface area (Å²) in [6.07, 6.45) is 0.735. The molecule has 0 aliphatic rings. The predicted octanol–water partition coefficient (Wildman–Crippen LogP) is 3.50. The molecule has 0 aromatic heterocycles. The van der Waals surface area contributed by atoms with Crippen molar-refractivity contribution in [1.29, 1.82) is 0 Å². The Morgan fingerprint density at radius 1 is 1.00 bits per heavy atom. The van der Waals surface area contributed by atoms with Crippen LogP contribution >= 0.6 is 0 Å². The molecule has 3 nitrogen and oxygen atoms in total. The largest absolute Gasteiger partial charge is 0.493 e. The molecule has 0 aliphatic carbocycles. The molecule has 3 heteroatoms. The van der Waals surface area contributed by atoms with Gasteiger partial charge in [0.1, 0.15) is 0 Å². The van der Waals surface area contributed by atoms with Crippen LogP contribution in [0.4, 0.5) is 0 Å². The molecule has 0 saturated heterocycles. The van der Waals surface area contributed by atoms with Crippen molar-refractivity contribution < 1.29 is 14.3 Å². The van der Waals surface area contributed by atoms with Crippen molar-refractivity contribution in [3.63, 3.8) is 0 Å². The van der Waals surface area contributed by atoms with E-state index in [0.717, 1.165) is 34.6 Å². The summed E-state index contributed by atoms with van der Waals surface area (Å²) in [7, 11) is 3.27.